The van der Waals surface area contributed by atoms with Gasteiger partial charge in [0, 0.05) is 25.2 Å². The van der Waals surface area contributed by atoms with E-state index in [1.807, 2.05) is 6.92 Å². The van der Waals surface area contributed by atoms with Gasteiger partial charge in [-0.3, -0.25) is 9.59 Å². The molecule has 4 fully saturated rings. The van der Waals surface area contributed by atoms with Crippen LogP contribution < -0.4 is 0 Å². The summed E-state index contributed by atoms with van der Waals surface area (Å²) in [5.74, 6) is 2.07. The molecule has 0 saturated heterocycles. The molecular formula is C23H35NO4. The second kappa shape index (κ2) is 6.84. The number of carbonyl (C=O) groups excluding carboxylic acids is 2. The van der Waals surface area contributed by atoms with Gasteiger partial charge in [-0.2, -0.15) is 0 Å². The van der Waals surface area contributed by atoms with Crippen molar-refractivity contribution in [1.82, 2.24) is 0 Å². The zero-order valence-corrected chi connectivity index (χ0v) is 17.7. The Morgan fingerprint density at radius 1 is 1.11 bits per heavy atom. The van der Waals surface area contributed by atoms with Crippen molar-refractivity contribution in [2.24, 2.45) is 45.6 Å². The fraction of sp³-hybridized carbons (Fsp3) is 0.870. The highest BCUT2D eigenvalue weighted by molar-refractivity contribution is 5.89. The highest BCUT2D eigenvalue weighted by Gasteiger charge is 2.63. The molecule has 4 saturated carbocycles. The molecule has 0 amide bonds. The van der Waals surface area contributed by atoms with Crippen LogP contribution in [0.3, 0.4) is 0 Å². The van der Waals surface area contributed by atoms with E-state index >= 15 is 0 Å². The molecular weight excluding hydrogens is 354 g/mol. The average Bonchev–Trinajstić information content (AvgIpc) is 2.97. The molecule has 0 unspecified atom stereocenters. The molecule has 4 rings (SSSR count). The predicted molar refractivity (Wildman–Crippen MR) is 106 cm³/mol. The fourth-order valence-electron chi connectivity index (χ4n) is 8.13. The second-order valence-corrected chi connectivity index (χ2v) is 10.6. The Morgan fingerprint density at radius 3 is 2.54 bits per heavy atom. The van der Waals surface area contributed by atoms with Crippen LogP contribution in [0.4, 0.5) is 0 Å². The highest BCUT2D eigenvalue weighted by atomic mass is 16.5. The third-order valence-corrected chi connectivity index (χ3v) is 9.30. The first-order chi connectivity index (χ1) is 13.2. The smallest absolute Gasteiger partial charge is 0.302 e. The number of rotatable bonds is 2. The van der Waals surface area contributed by atoms with Crippen LogP contribution in [0.25, 0.3) is 0 Å². The summed E-state index contributed by atoms with van der Waals surface area (Å²) in [7, 11) is 0. The van der Waals surface area contributed by atoms with Crippen molar-refractivity contribution in [3.05, 3.63) is 0 Å². The lowest BCUT2D eigenvalue weighted by atomic mass is 9.44. The summed E-state index contributed by atoms with van der Waals surface area (Å²) in [6.45, 7) is 8.00. The summed E-state index contributed by atoms with van der Waals surface area (Å²) in [5, 5.41) is 12.9. The number of Topliss-reactive ketones (excluding diaryl/α,β-unsaturated/α-hetero) is 1. The number of carbonyl (C=O) groups is 2. The third kappa shape index (κ3) is 2.83. The molecule has 4 aliphatic rings. The van der Waals surface area contributed by atoms with Crippen molar-refractivity contribution in [3.8, 4) is 0 Å². The van der Waals surface area contributed by atoms with E-state index < -0.39 is 0 Å². The van der Waals surface area contributed by atoms with Gasteiger partial charge in [-0.25, -0.2) is 0 Å². The van der Waals surface area contributed by atoms with E-state index in [-0.39, 0.29) is 34.7 Å². The number of hydrogen-bond donors (Lipinski definition) is 1. The molecule has 0 spiro atoms. The molecule has 1 N–H and O–H groups in total. The molecule has 0 aliphatic heterocycles. The van der Waals surface area contributed by atoms with Crippen molar-refractivity contribution in [2.75, 3.05) is 0 Å². The topological polar surface area (TPSA) is 76.0 Å². The summed E-state index contributed by atoms with van der Waals surface area (Å²) in [4.78, 5) is 25.0. The van der Waals surface area contributed by atoms with Gasteiger partial charge in [-0.1, -0.05) is 19.0 Å². The Kier molecular flexibility index (Phi) is 4.86. The molecule has 4 aliphatic carbocycles. The van der Waals surface area contributed by atoms with Crippen LogP contribution in [0.5, 0.6) is 0 Å². The SMILES string of the molecule is CC(=O)O[C@@H]1CC[C@@]2(C)[C@H](CC[C@@H]3[C@@H]4CC[C@@H](/C(C)=N\O)[C@@]4(C)CC(=O)[C@@H]32)C1. The Balaban J connectivity index is 1.60. The van der Waals surface area contributed by atoms with Crippen LogP contribution in [-0.2, 0) is 14.3 Å². The Bertz CT molecular complexity index is 703. The van der Waals surface area contributed by atoms with Gasteiger partial charge in [0.05, 0.1) is 5.71 Å². The number of oxime groups is 1. The molecule has 5 nitrogen and oxygen atoms in total. The van der Waals surface area contributed by atoms with Crippen LogP contribution in [0.1, 0.15) is 79.1 Å². The largest absolute Gasteiger partial charge is 0.463 e. The maximum absolute atomic E-state index is 13.6. The Hall–Kier alpha value is -1.39. The van der Waals surface area contributed by atoms with E-state index in [1.165, 1.54) is 6.92 Å². The lowest BCUT2D eigenvalue weighted by molar-refractivity contribution is -0.168. The predicted octanol–water partition coefficient (Wildman–Crippen LogP) is 4.61. The van der Waals surface area contributed by atoms with Crippen LogP contribution in [0.15, 0.2) is 5.16 Å². The Labute approximate surface area is 168 Å². The average molecular weight is 390 g/mol. The zero-order valence-electron chi connectivity index (χ0n) is 17.7. The van der Waals surface area contributed by atoms with Crippen LogP contribution >= 0.6 is 0 Å². The van der Waals surface area contributed by atoms with Gasteiger partial charge in [-0.05, 0) is 80.5 Å². The number of esters is 1. The van der Waals surface area contributed by atoms with Gasteiger partial charge in [-0.15, -0.1) is 0 Å². The van der Waals surface area contributed by atoms with Crippen molar-refractivity contribution in [3.63, 3.8) is 0 Å². The molecule has 0 aromatic heterocycles. The first-order valence-electron chi connectivity index (χ1n) is 11.1. The lowest BCUT2D eigenvalue weighted by Gasteiger charge is -2.60. The summed E-state index contributed by atoms with van der Waals surface area (Å²) in [6, 6.07) is 0. The van der Waals surface area contributed by atoms with Crippen LogP contribution in [0.2, 0.25) is 0 Å². The highest BCUT2D eigenvalue weighted by Crippen LogP contribution is 2.66. The van der Waals surface area contributed by atoms with Crippen molar-refractivity contribution in [1.29, 1.82) is 0 Å². The molecule has 0 aromatic rings. The fourth-order valence-corrected chi connectivity index (χ4v) is 8.13. The number of ketones is 1. The van der Waals surface area contributed by atoms with E-state index in [2.05, 4.69) is 19.0 Å². The Morgan fingerprint density at radius 2 is 1.86 bits per heavy atom. The van der Waals surface area contributed by atoms with Crippen molar-refractivity contribution in [2.45, 2.75) is 85.2 Å². The molecule has 28 heavy (non-hydrogen) atoms. The molecule has 0 aromatic carbocycles. The van der Waals surface area contributed by atoms with Gasteiger partial charge in [0.2, 0.25) is 0 Å². The minimum Gasteiger partial charge on any atom is -0.463 e. The van der Waals surface area contributed by atoms with E-state index in [0.717, 1.165) is 50.7 Å². The van der Waals surface area contributed by atoms with Gasteiger partial charge in [0.25, 0.3) is 0 Å². The van der Waals surface area contributed by atoms with E-state index in [1.54, 1.807) is 0 Å². The number of ether oxygens (including phenoxy) is 1. The van der Waals surface area contributed by atoms with E-state index in [4.69, 9.17) is 4.74 Å². The maximum Gasteiger partial charge on any atom is 0.302 e. The number of hydrogen-bond acceptors (Lipinski definition) is 5. The first kappa shape index (κ1) is 19.9. The third-order valence-electron chi connectivity index (χ3n) is 9.30. The molecule has 0 heterocycles. The number of fused-ring (bicyclic) bond motifs is 5. The standard InChI is InChI=1S/C23H35NO4/c1-13(24-27)18-7-8-19-17-6-5-15-11-16(28-14(2)25)9-10-22(15,3)21(17)20(26)12-23(18,19)4/h15-19,21,27H,5-12H2,1-4H3/b24-13-/t15-,16-,17-,18+,19+,21-,22+,23-/m1/s1. The summed E-state index contributed by atoms with van der Waals surface area (Å²) in [5.41, 5.74) is 0.765. The molecule has 8 atom stereocenters. The van der Waals surface area contributed by atoms with Gasteiger partial charge in [0.15, 0.2) is 0 Å². The van der Waals surface area contributed by atoms with Gasteiger partial charge < -0.3 is 9.94 Å². The van der Waals surface area contributed by atoms with Crippen molar-refractivity contribution >= 4 is 17.5 Å². The zero-order chi connectivity index (χ0) is 20.3. The quantitative estimate of drug-likeness (QED) is 0.324. The summed E-state index contributed by atoms with van der Waals surface area (Å²) < 4.78 is 5.53. The normalized spacial score (nSPS) is 48.4. The van der Waals surface area contributed by atoms with Crippen molar-refractivity contribution < 1.29 is 19.5 Å². The monoisotopic (exact) mass is 389 g/mol. The first-order valence-corrected chi connectivity index (χ1v) is 11.1. The lowest BCUT2D eigenvalue weighted by Crippen LogP contribution is -2.58. The molecule has 0 bridgehead atoms. The molecule has 156 valence electrons. The van der Waals surface area contributed by atoms with Gasteiger partial charge >= 0.3 is 5.97 Å². The minimum atomic E-state index is -0.190. The molecule has 0 radical (unpaired) electrons. The van der Waals surface area contributed by atoms with E-state index in [9.17, 15) is 14.8 Å². The second-order valence-electron chi connectivity index (χ2n) is 10.6. The van der Waals surface area contributed by atoms with Crippen LogP contribution in [0, 0.1) is 40.4 Å². The van der Waals surface area contributed by atoms with E-state index in [0.29, 0.717) is 30.0 Å². The summed E-state index contributed by atoms with van der Waals surface area (Å²) in [6.07, 6.45) is 7.81. The van der Waals surface area contributed by atoms with Gasteiger partial charge in [0.1, 0.15) is 11.9 Å². The molecule has 5 heteroatoms. The number of nitrogens with zero attached hydrogens (tertiary/aromatic N) is 1. The maximum atomic E-state index is 13.6. The summed E-state index contributed by atoms with van der Waals surface area (Å²) >= 11 is 0. The minimum absolute atomic E-state index is 0.0235. The van der Waals surface area contributed by atoms with Crippen LogP contribution in [-0.4, -0.2) is 28.8 Å².